The molecule has 1 aromatic heterocycles. The number of hydrogen-bond donors (Lipinski definition) is 0. The molecule has 0 spiro atoms. The van der Waals surface area contributed by atoms with Crippen molar-refractivity contribution in [3.05, 3.63) is 53.9 Å². The summed E-state index contributed by atoms with van der Waals surface area (Å²) in [6.07, 6.45) is 9.39. The molecule has 0 unspecified atom stereocenters. The molecule has 28 heavy (non-hydrogen) atoms. The molecule has 150 valence electrons. The molecule has 3 fully saturated rings. The Kier molecular flexibility index (Phi) is 5.47. The van der Waals surface area contributed by atoms with Gasteiger partial charge >= 0.3 is 0 Å². The summed E-state index contributed by atoms with van der Waals surface area (Å²) < 4.78 is 8.17. The number of aromatic nitrogens is 2. The molecule has 0 aliphatic carbocycles. The molecule has 1 aromatic carbocycles. The fraction of sp³-hybridized carbons (Fsp3) is 0.609. The fourth-order valence-electron chi connectivity index (χ4n) is 5.27. The van der Waals surface area contributed by atoms with Gasteiger partial charge in [0, 0.05) is 44.5 Å². The smallest absolute Gasteiger partial charge is 0.150 e. The van der Waals surface area contributed by atoms with Gasteiger partial charge in [-0.15, -0.1) is 0 Å². The Bertz CT molecular complexity index is 755. The standard InChI is InChI=1S/C23H32N4O/c1-2-7-19(8-3-1)15-22-18-25-13-6-9-20(25)16-26(22)17-21-11-12-24-27(21)23-10-4-5-14-28-23/h1-3,7-8,11-12,20,22-23H,4-6,9-10,13-18H2/t20-,22-,23-/m0/s1. The molecule has 0 radical (unpaired) electrons. The highest BCUT2D eigenvalue weighted by molar-refractivity contribution is 5.17. The lowest BCUT2D eigenvalue weighted by Crippen LogP contribution is -2.56. The summed E-state index contributed by atoms with van der Waals surface area (Å²) in [6.45, 7) is 5.47. The molecule has 5 nitrogen and oxygen atoms in total. The van der Waals surface area contributed by atoms with Gasteiger partial charge in [-0.3, -0.25) is 9.80 Å². The zero-order valence-corrected chi connectivity index (χ0v) is 16.7. The third kappa shape index (κ3) is 3.88. The van der Waals surface area contributed by atoms with Crippen LogP contribution in [-0.4, -0.2) is 57.9 Å². The maximum Gasteiger partial charge on any atom is 0.150 e. The molecule has 0 saturated carbocycles. The SMILES string of the molecule is c1ccc(C[C@H]2CN3CCC[C@H]3CN2Cc2ccnn2[C@@H]2CCCCO2)cc1. The molecule has 3 atom stereocenters. The van der Waals surface area contributed by atoms with E-state index in [9.17, 15) is 0 Å². The van der Waals surface area contributed by atoms with E-state index in [2.05, 4.69) is 56.0 Å². The number of hydrogen-bond acceptors (Lipinski definition) is 4. The highest BCUT2D eigenvalue weighted by atomic mass is 16.5. The first kappa shape index (κ1) is 18.3. The summed E-state index contributed by atoms with van der Waals surface area (Å²) >= 11 is 0. The van der Waals surface area contributed by atoms with Gasteiger partial charge in [-0.1, -0.05) is 30.3 Å². The van der Waals surface area contributed by atoms with Gasteiger partial charge in [-0.25, -0.2) is 4.68 Å². The molecule has 0 amide bonds. The minimum absolute atomic E-state index is 0.124. The maximum atomic E-state index is 6.02. The van der Waals surface area contributed by atoms with Crippen LogP contribution in [0.4, 0.5) is 0 Å². The van der Waals surface area contributed by atoms with E-state index in [1.807, 2.05) is 6.20 Å². The van der Waals surface area contributed by atoms with Crippen molar-refractivity contribution < 1.29 is 4.74 Å². The number of rotatable bonds is 5. The highest BCUT2D eigenvalue weighted by Crippen LogP contribution is 2.29. The van der Waals surface area contributed by atoms with Gasteiger partial charge in [0.05, 0.1) is 5.69 Å². The summed E-state index contributed by atoms with van der Waals surface area (Å²) in [7, 11) is 0. The van der Waals surface area contributed by atoms with Crippen molar-refractivity contribution in [1.82, 2.24) is 19.6 Å². The van der Waals surface area contributed by atoms with Gasteiger partial charge < -0.3 is 4.74 Å². The van der Waals surface area contributed by atoms with Crippen LogP contribution in [-0.2, 0) is 17.7 Å². The fourth-order valence-corrected chi connectivity index (χ4v) is 5.27. The van der Waals surface area contributed by atoms with Crippen molar-refractivity contribution in [2.45, 2.75) is 63.4 Å². The Morgan fingerprint density at radius 2 is 1.93 bits per heavy atom. The Morgan fingerprint density at radius 1 is 1.00 bits per heavy atom. The molecule has 3 saturated heterocycles. The first-order valence-electron chi connectivity index (χ1n) is 11.0. The summed E-state index contributed by atoms with van der Waals surface area (Å²) in [5.41, 5.74) is 2.75. The van der Waals surface area contributed by atoms with E-state index in [0.717, 1.165) is 32.0 Å². The average Bonchev–Trinajstić information content (AvgIpc) is 3.39. The van der Waals surface area contributed by atoms with E-state index in [0.29, 0.717) is 6.04 Å². The van der Waals surface area contributed by atoms with Gasteiger partial charge in [-0.2, -0.15) is 5.10 Å². The molecule has 5 heteroatoms. The van der Waals surface area contributed by atoms with Crippen LogP contribution in [0.3, 0.4) is 0 Å². The topological polar surface area (TPSA) is 33.5 Å². The second-order valence-electron chi connectivity index (χ2n) is 8.65. The summed E-state index contributed by atoms with van der Waals surface area (Å²) in [4.78, 5) is 5.45. The van der Waals surface area contributed by atoms with E-state index < -0.39 is 0 Å². The van der Waals surface area contributed by atoms with E-state index in [1.54, 1.807) is 0 Å². The van der Waals surface area contributed by atoms with Crippen LogP contribution in [0.2, 0.25) is 0 Å². The molecule has 4 heterocycles. The van der Waals surface area contributed by atoms with Gasteiger partial charge in [0.2, 0.25) is 0 Å². The maximum absolute atomic E-state index is 6.02. The molecular formula is C23H32N4O. The van der Waals surface area contributed by atoms with Crippen molar-refractivity contribution in [2.75, 3.05) is 26.2 Å². The predicted molar refractivity (Wildman–Crippen MR) is 110 cm³/mol. The second kappa shape index (κ2) is 8.36. The van der Waals surface area contributed by atoms with E-state index in [1.165, 1.54) is 56.6 Å². The largest absolute Gasteiger partial charge is 0.357 e. The van der Waals surface area contributed by atoms with Crippen LogP contribution in [0.5, 0.6) is 0 Å². The minimum atomic E-state index is 0.124. The third-order valence-corrected chi connectivity index (χ3v) is 6.77. The normalized spacial score (nSPS) is 29.1. The second-order valence-corrected chi connectivity index (χ2v) is 8.65. The highest BCUT2D eigenvalue weighted by Gasteiger charge is 2.36. The Morgan fingerprint density at radius 3 is 2.79 bits per heavy atom. The van der Waals surface area contributed by atoms with E-state index >= 15 is 0 Å². The monoisotopic (exact) mass is 380 g/mol. The van der Waals surface area contributed by atoms with Crippen molar-refractivity contribution in [1.29, 1.82) is 0 Å². The van der Waals surface area contributed by atoms with E-state index in [4.69, 9.17) is 4.74 Å². The lowest BCUT2D eigenvalue weighted by molar-refractivity contribution is -0.0434. The van der Waals surface area contributed by atoms with E-state index in [-0.39, 0.29) is 6.23 Å². The zero-order chi connectivity index (χ0) is 18.8. The van der Waals surface area contributed by atoms with Crippen LogP contribution in [0.25, 0.3) is 0 Å². The number of benzene rings is 1. The Hall–Kier alpha value is -1.69. The van der Waals surface area contributed by atoms with Crippen LogP contribution >= 0.6 is 0 Å². The van der Waals surface area contributed by atoms with Crippen LogP contribution in [0.1, 0.15) is 49.6 Å². The molecule has 0 bridgehead atoms. The summed E-state index contributed by atoms with van der Waals surface area (Å²) in [6, 6.07) is 14.5. The Balaban J connectivity index is 1.34. The quantitative estimate of drug-likeness (QED) is 0.795. The van der Waals surface area contributed by atoms with Crippen molar-refractivity contribution >= 4 is 0 Å². The predicted octanol–water partition coefficient (Wildman–Crippen LogP) is 3.47. The molecule has 3 aliphatic rings. The van der Waals surface area contributed by atoms with Crippen molar-refractivity contribution in [2.24, 2.45) is 0 Å². The molecular weight excluding hydrogens is 348 g/mol. The van der Waals surface area contributed by atoms with Gasteiger partial charge in [-0.05, 0) is 56.7 Å². The number of ether oxygens (including phenoxy) is 1. The average molecular weight is 381 g/mol. The minimum Gasteiger partial charge on any atom is -0.357 e. The lowest BCUT2D eigenvalue weighted by Gasteiger charge is -2.44. The molecule has 0 N–H and O–H groups in total. The molecule has 2 aromatic rings. The first-order chi connectivity index (χ1) is 13.9. The van der Waals surface area contributed by atoms with Crippen LogP contribution in [0.15, 0.2) is 42.6 Å². The number of fused-ring (bicyclic) bond motifs is 1. The zero-order valence-electron chi connectivity index (χ0n) is 16.7. The van der Waals surface area contributed by atoms with Crippen molar-refractivity contribution in [3.63, 3.8) is 0 Å². The molecule has 5 rings (SSSR count). The van der Waals surface area contributed by atoms with Crippen LogP contribution < -0.4 is 0 Å². The van der Waals surface area contributed by atoms with Gasteiger partial charge in [0.25, 0.3) is 0 Å². The van der Waals surface area contributed by atoms with Gasteiger partial charge in [0.1, 0.15) is 0 Å². The van der Waals surface area contributed by atoms with Crippen molar-refractivity contribution in [3.8, 4) is 0 Å². The summed E-state index contributed by atoms with van der Waals surface area (Å²) in [5, 5.41) is 4.64. The summed E-state index contributed by atoms with van der Waals surface area (Å²) in [5.74, 6) is 0. The van der Waals surface area contributed by atoms with Gasteiger partial charge in [0.15, 0.2) is 6.23 Å². The number of nitrogens with zero attached hydrogens (tertiary/aromatic N) is 4. The Labute approximate surface area is 168 Å². The number of piperazine rings is 1. The van der Waals surface area contributed by atoms with Crippen LogP contribution in [0, 0.1) is 0 Å². The lowest BCUT2D eigenvalue weighted by atomic mass is 9.99. The molecule has 3 aliphatic heterocycles. The first-order valence-corrected chi connectivity index (χ1v) is 11.0. The third-order valence-electron chi connectivity index (χ3n) is 6.77.